The van der Waals surface area contributed by atoms with Gasteiger partial charge in [-0.2, -0.15) is 0 Å². The zero-order chi connectivity index (χ0) is 13.0. The van der Waals surface area contributed by atoms with Crippen LogP contribution in [0.15, 0.2) is 17.1 Å². The Balaban J connectivity index is 2.85. The van der Waals surface area contributed by atoms with Gasteiger partial charge in [-0.1, -0.05) is 13.3 Å². The fourth-order valence-electron chi connectivity index (χ4n) is 1.52. The summed E-state index contributed by atoms with van der Waals surface area (Å²) in [6.07, 6.45) is 3.12. The Kier molecular flexibility index (Phi) is 4.45. The monoisotopic (exact) mass is 237 g/mol. The van der Waals surface area contributed by atoms with Gasteiger partial charge in [0.05, 0.1) is 11.7 Å². The molecule has 0 aliphatic rings. The van der Waals surface area contributed by atoms with Crippen molar-refractivity contribution in [1.82, 2.24) is 4.57 Å². The standard InChI is InChI=1S/C12H19N3O2/c1-4-5-9(13)12(17)14-10-7-15(3)11(16)6-8(10)2/h6-7,9H,4-5,13H2,1-3H3,(H,14,17). The Bertz CT molecular complexity index is 465. The van der Waals surface area contributed by atoms with Gasteiger partial charge in [0.25, 0.3) is 5.56 Å². The molecule has 1 heterocycles. The normalized spacial score (nSPS) is 12.2. The highest BCUT2D eigenvalue weighted by Gasteiger charge is 2.13. The van der Waals surface area contributed by atoms with E-state index >= 15 is 0 Å². The summed E-state index contributed by atoms with van der Waals surface area (Å²) in [6, 6.07) is 0.984. The van der Waals surface area contributed by atoms with Gasteiger partial charge in [0.1, 0.15) is 0 Å². The lowest BCUT2D eigenvalue weighted by Gasteiger charge is -2.13. The molecule has 94 valence electrons. The van der Waals surface area contributed by atoms with Gasteiger partial charge in [-0.15, -0.1) is 0 Å². The average Bonchev–Trinajstić information content (AvgIpc) is 2.26. The zero-order valence-corrected chi connectivity index (χ0v) is 10.5. The number of carbonyl (C=O) groups excluding carboxylic acids is 1. The summed E-state index contributed by atoms with van der Waals surface area (Å²) in [5.41, 5.74) is 6.98. The van der Waals surface area contributed by atoms with Gasteiger partial charge in [-0.25, -0.2) is 0 Å². The second kappa shape index (κ2) is 5.63. The lowest BCUT2D eigenvalue weighted by atomic mass is 10.1. The first kappa shape index (κ1) is 13.4. The molecule has 1 aromatic heterocycles. The Morgan fingerprint density at radius 1 is 1.59 bits per heavy atom. The molecule has 17 heavy (non-hydrogen) atoms. The number of rotatable bonds is 4. The van der Waals surface area contributed by atoms with Crippen LogP contribution in [0, 0.1) is 6.92 Å². The van der Waals surface area contributed by atoms with Crippen LogP contribution in [0.1, 0.15) is 25.3 Å². The third-order valence-corrected chi connectivity index (χ3v) is 2.63. The predicted molar refractivity (Wildman–Crippen MR) is 67.9 cm³/mol. The number of amides is 1. The topological polar surface area (TPSA) is 77.1 Å². The number of aryl methyl sites for hydroxylation is 2. The fourth-order valence-corrected chi connectivity index (χ4v) is 1.52. The molecule has 0 spiro atoms. The summed E-state index contributed by atoms with van der Waals surface area (Å²) >= 11 is 0. The van der Waals surface area contributed by atoms with Crippen molar-refractivity contribution in [1.29, 1.82) is 0 Å². The minimum absolute atomic E-state index is 0.0987. The van der Waals surface area contributed by atoms with E-state index in [1.807, 2.05) is 6.92 Å². The molecule has 3 N–H and O–H groups in total. The van der Waals surface area contributed by atoms with Crippen molar-refractivity contribution in [3.63, 3.8) is 0 Å². The first-order valence-corrected chi connectivity index (χ1v) is 5.69. The van der Waals surface area contributed by atoms with Gasteiger partial charge >= 0.3 is 0 Å². The number of hydrogen-bond donors (Lipinski definition) is 2. The van der Waals surface area contributed by atoms with Crippen molar-refractivity contribution in [3.8, 4) is 0 Å². The quantitative estimate of drug-likeness (QED) is 0.811. The summed E-state index contributed by atoms with van der Waals surface area (Å²) in [4.78, 5) is 23.1. The molecule has 0 aromatic carbocycles. The number of carbonyl (C=O) groups is 1. The minimum Gasteiger partial charge on any atom is -0.323 e. The second-order valence-electron chi connectivity index (χ2n) is 4.20. The molecule has 1 amide bonds. The number of anilines is 1. The van der Waals surface area contributed by atoms with E-state index < -0.39 is 6.04 Å². The van der Waals surface area contributed by atoms with Gasteiger partial charge in [0.15, 0.2) is 0 Å². The molecule has 0 radical (unpaired) electrons. The Labute approximate surface area is 101 Å². The van der Waals surface area contributed by atoms with E-state index in [4.69, 9.17) is 5.73 Å². The lowest BCUT2D eigenvalue weighted by molar-refractivity contribution is -0.117. The molecule has 0 saturated carbocycles. The first-order chi connectivity index (χ1) is 7.95. The smallest absolute Gasteiger partial charge is 0.250 e. The van der Waals surface area contributed by atoms with Crippen LogP contribution in [-0.4, -0.2) is 16.5 Å². The Morgan fingerprint density at radius 2 is 2.24 bits per heavy atom. The van der Waals surface area contributed by atoms with Crippen molar-refractivity contribution >= 4 is 11.6 Å². The number of pyridine rings is 1. The Morgan fingerprint density at radius 3 is 2.82 bits per heavy atom. The van der Waals surface area contributed by atoms with Gasteiger partial charge in [0.2, 0.25) is 5.91 Å². The molecule has 0 bridgehead atoms. The van der Waals surface area contributed by atoms with E-state index in [9.17, 15) is 9.59 Å². The molecule has 0 saturated heterocycles. The van der Waals surface area contributed by atoms with Crippen molar-refractivity contribution < 1.29 is 4.79 Å². The highest BCUT2D eigenvalue weighted by Crippen LogP contribution is 2.11. The third-order valence-electron chi connectivity index (χ3n) is 2.63. The minimum atomic E-state index is -0.503. The molecule has 1 aromatic rings. The Hall–Kier alpha value is -1.62. The number of nitrogens with two attached hydrogens (primary N) is 1. The van der Waals surface area contributed by atoms with Gasteiger partial charge in [0, 0.05) is 19.3 Å². The molecule has 0 aliphatic carbocycles. The van der Waals surface area contributed by atoms with E-state index in [2.05, 4.69) is 5.32 Å². The van der Waals surface area contributed by atoms with Crippen LogP contribution >= 0.6 is 0 Å². The van der Waals surface area contributed by atoms with Crippen molar-refractivity contribution in [2.75, 3.05) is 5.32 Å². The number of nitrogens with zero attached hydrogens (tertiary/aromatic N) is 1. The largest absolute Gasteiger partial charge is 0.323 e. The highest BCUT2D eigenvalue weighted by molar-refractivity contribution is 5.95. The van der Waals surface area contributed by atoms with Crippen LogP contribution in [0.3, 0.4) is 0 Å². The molecular formula is C12H19N3O2. The van der Waals surface area contributed by atoms with E-state index in [0.717, 1.165) is 12.0 Å². The van der Waals surface area contributed by atoms with Gasteiger partial charge in [-0.3, -0.25) is 9.59 Å². The summed E-state index contributed by atoms with van der Waals surface area (Å²) in [5.74, 6) is -0.214. The van der Waals surface area contributed by atoms with Crippen LogP contribution in [0.5, 0.6) is 0 Å². The summed E-state index contributed by atoms with van der Waals surface area (Å²) < 4.78 is 1.42. The number of aromatic nitrogens is 1. The molecule has 1 unspecified atom stereocenters. The molecule has 5 nitrogen and oxygen atoms in total. The third kappa shape index (κ3) is 3.42. The van der Waals surface area contributed by atoms with Crippen molar-refractivity contribution in [2.24, 2.45) is 12.8 Å². The van der Waals surface area contributed by atoms with Crippen LogP contribution < -0.4 is 16.6 Å². The maximum Gasteiger partial charge on any atom is 0.250 e. The molecule has 0 fully saturated rings. The lowest BCUT2D eigenvalue weighted by Crippen LogP contribution is -2.35. The summed E-state index contributed by atoms with van der Waals surface area (Å²) in [6.45, 7) is 3.76. The predicted octanol–water partition coefficient (Wildman–Crippen LogP) is 0.760. The molecule has 0 aliphatic heterocycles. The van der Waals surface area contributed by atoms with E-state index in [-0.39, 0.29) is 11.5 Å². The van der Waals surface area contributed by atoms with E-state index in [0.29, 0.717) is 12.1 Å². The van der Waals surface area contributed by atoms with Crippen LogP contribution in [0.2, 0.25) is 0 Å². The van der Waals surface area contributed by atoms with E-state index in [1.165, 1.54) is 10.6 Å². The molecular weight excluding hydrogens is 218 g/mol. The fraction of sp³-hybridized carbons (Fsp3) is 0.500. The SMILES string of the molecule is CCCC(N)C(=O)Nc1cn(C)c(=O)cc1C. The number of nitrogens with one attached hydrogen (secondary N) is 1. The molecule has 1 rings (SSSR count). The second-order valence-corrected chi connectivity index (χ2v) is 4.20. The maximum absolute atomic E-state index is 11.7. The summed E-state index contributed by atoms with van der Waals surface area (Å²) in [5, 5.41) is 2.74. The van der Waals surface area contributed by atoms with Crippen LogP contribution in [0.25, 0.3) is 0 Å². The number of hydrogen-bond acceptors (Lipinski definition) is 3. The van der Waals surface area contributed by atoms with Crippen molar-refractivity contribution in [3.05, 3.63) is 28.2 Å². The zero-order valence-electron chi connectivity index (χ0n) is 10.5. The van der Waals surface area contributed by atoms with Crippen molar-refractivity contribution in [2.45, 2.75) is 32.7 Å². The van der Waals surface area contributed by atoms with E-state index in [1.54, 1.807) is 20.2 Å². The van der Waals surface area contributed by atoms with Gasteiger partial charge < -0.3 is 15.6 Å². The van der Waals surface area contributed by atoms with Gasteiger partial charge in [-0.05, 0) is 18.9 Å². The highest BCUT2D eigenvalue weighted by atomic mass is 16.2. The first-order valence-electron chi connectivity index (χ1n) is 5.69. The molecule has 5 heteroatoms. The summed E-state index contributed by atoms with van der Waals surface area (Å²) in [7, 11) is 1.64. The molecule has 1 atom stereocenters. The average molecular weight is 237 g/mol. The van der Waals surface area contributed by atoms with Crippen LogP contribution in [0.4, 0.5) is 5.69 Å². The van der Waals surface area contributed by atoms with Crippen LogP contribution in [-0.2, 0) is 11.8 Å². The maximum atomic E-state index is 11.7.